The molecule has 2 N–H and O–H groups in total. The van der Waals surface area contributed by atoms with Crippen molar-refractivity contribution < 1.29 is 9.59 Å². The molecule has 6 heteroatoms. The average Bonchev–Trinajstić information content (AvgIpc) is 2.67. The van der Waals surface area contributed by atoms with Crippen LogP contribution in [0.3, 0.4) is 0 Å². The number of carbonyl (C=O) groups excluding carboxylic acids is 2. The molecule has 2 aromatic rings. The predicted octanol–water partition coefficient (Wildman–Crippen LogP) is 3.04. The van der Waals surface area contributed by atoms with Crippen LogP contribution in [0.5, 0.6) is 0 Å². The molecule has 0 saturated carbocycles. The molecule has 1 atom stereocenters. The number of pyridine rings is 1. The highest BCUT2D eigenvalue weighted by molar-refractivity contribution is 5.84. The maximum Gasteiger partial charge on any atom is 0.318 e. The van der Waals surface area contributed by atoms with E-state index in [1.54, 1.807) is 19.4 Å². The number of unbranched alkanes of at least 4 members (excludes halogenated alkanes) is 1. The lowest BCUT2D eigenvalue weighted by atomic mass is 9.99. The summed E-state index contributed by atoms with van der Waals surface area (Å²) in [4.78, 5) is 30.0. The van der Waals surface area contributed by atoms with E-state index in [0.29, 0.717) is 6.54 Å². The van der Waals surface area contributed by atoms with E-state index in [4.69, 9.17) is 0 Å². The van der Waals surface area contributed by atoms with E-state index in [2.05, 4.69) is 22.5 Å². The molecule has 3 amide bonds. The molecule has 1 aromatic heterocycles. The summed E-state index contributed by atoms with van der Waals surface area (Å²) in [5.74, 6) is -0.156. The van der Waals surface area contributed by atoms with Gasteiger partial charge in [0.1, 0.15) is 6.54 Å². The molecule has 0 spiro atoms. The highest BCUT2D eigenvalue weighted by Crippen LogP contribution is 2.22. The Balaban J connectivity index is 2.07. The van der Waals surface area contributed by atoms with E-state index in [-0.39, 0.29) is 24.5 Å². The molecule has 144 valence electrons. The molecule has 0 radical (unpaired) electrons. The van der Waals surface area contributed by atoms with E-state index in [9.17, 15) is 9.59 Å². The van der Waals surface area contributed by atoms with Gasteiger partial charge in [0.2, 0.25) is 5.91 Å². The lowest BCUT2D eigenvalue weighted by Crippen LogP contribution is -2.44. The first-order valence-corrected chi connectivity index (χ1v) is 9.26. The second-order valence-corrected chi connectivity index (χ2v) is 6.63. The highest BCUT2D eigenvalue weighted by atomic mass is 16.2. The minimum atomic E-state index is -0.313. The minimum Gasteiger partial charge on any atom is -0.355 e. The molecule has 1 heterocycles. The normalized spacial score (nSPS) is 11.5. The van der Waals surface area contributed by atoms with Crippen LogP contribution in [0.15, 0.2) is 48.8 Å². The number of urea groups is 1. The van der Waals surface area contributed by atoms with Crippen molar-refractivity contribution in [3.8, 4) is 0 Å². The Labute approximate surface area is 161 Å². The highest BCUT2D eigenvalue weighted by Gasteiger charge is 2.20. The summed E-state index contributed by atoms with van der Waals surface area (Å²) >= 11 is 0. The summed E-state index contributed by atoms with van der Waals surface area (Å²) < 4.78 is 0. The van der Waals surface area contributed by atoms with Crippen molar-refractivity contribution >= 4 is 11.9 Å². The van der Waals surface area contributed by atoms with Gasteiger partial charge in [-0.25, -0.2) is 4.79 Å². The number of hydrogen-bond acceptors (Lipinski definition) is 3. The predicted molar refractivity (Wildman–Crippen MR) is 106 cm³/mol. The molecule has 0 unspecified atom stereocenters. The van der Waals surface area contributed by atoms with Gasteiger partial charge < -0.3 is 15.5 Å². The molecule has 27 heavy (non-hydrogen) atoms. The topological polar surface area (TPSA) is 74.3 Å². The van der Waals surface area contributed by atoms with Gasteiger partial charge in [-0.1, -0.05) is 43.2 Å². The summed E-state index contributed by atoms with van der Waals surface area (Å²) in [6.07, 6.45) is 5.35. The van der Waals surface area contributed by atoms with Gasteiger partial charge in [0.25, 0.3) is 0 Å². The fraction of sp³-hybridized carbons (Fsp3) is 0.381. The van der Waals surface area contributed by atoms with Crippen molar-refractivity contribution in [3.63, 3.8) is 0 Å². The molecule has 0 aliphatic rings. The average molecular weight is 368 g/mol. The van der Waals surface area contributed by atoms with Crippen LogP contribution in [0, 0.1) is 6.92 Å². The molecule has 0 bridgehead atoms. The molecule has 0 aliphatic carbocycles. The van der Waals surface area contributed by atoms with Crippen molar-refractivity contribution in [2.75, 3.05) is 20.1 Å². The molecule has 0 fully saturated rings. The van der Waals surface area contributed by atoms with Crippen LogP contribution in [-0.2, 0) is 4.79 Å². The van der Waals surface area contributed by atoms with Gasteiger partial charge in [-0.15, -0.1) is 0 Å². The molecule has 2 rings (SSSR count). The maximum atomic E-state index is 12.7. The van der Waals surface area contributed by atoms with E-state index in [1.165, 1.54) is 4.90 Å². The van der Waals surface area contributed by atoms with Gasteiger partial charge in [-0.2, -0.15) is 0 Å². The largest absolute Gasteiger partial charge is 0.355 e. The number of aryl methyl sites for hydroxylation is 1. The van der Waals surface area contributed by atoms with Gasteiger partial charge in [-0.05, 0) is 36.6 Å². The summed E-state index contributed by atoms with van der Waals surface area (Å²) in [5.41, 5.74) is 3.06. The fourth-order valence-electron chi connectivity index (χ4n) is 2.66. The van der Waals surface area contributed by atoms with Crippen LogP contribution in [0.25, 0.3) is 0 Å². The molecule has 6 nitrogen and oxygen atoms in total. The summed E-state index contributed by atoms with van der Waals surface area (Å²) in [7, 11) is 1.62. The number of likely N-dealkylation sites (N-methyl/N-ethyl adjacent to an activating group) is 1. The third-order valence-corrected chi connectivity index (χ3v) is 4.30. The Morgan fingerprint density at radius 1 is 1.07 bits per heavy atom. The number of benzene rings is 1. The number of carbonyl (C=O) groups is 2. The second-order valence-electron chi connectivity index (χ2n) is 6.63. The third-order valence-electron chi connectivity index (χ3n) is 4.30. The van der Waals surface area contributed by atoms with Crippen molar-refractivity contribution in [2.45, 2.75) is 32.7 Å². The zero-order chi connectivity index (χ0) is 19.6. The summed E-state index contributed by atoms with van der Waals surface area (Å²) in [5, 5.41) is 5.84. The third kappa shape index (κ3) is 6.40. The SMILES string of the molecule is CCCCNC(=O)CN(C)C(=O)N[C@H](c1ccncc1)c1ccc(C)cc1. The zero-order valence-corrected chi connectivity index (χ0v) is 16.2. The van der Waals surface area contributed by atoms with Crippen LogP contribution in [0.4, 0.5) is 4.79 Å². The summed E-state index contributed by atoms with van der Waals surface area (Å²) in [6.45, 7) is 4.74. The molecular formula is C21H28N4O2. The van der Waals surface area contributed by atoms with Gasteiger partial charge in [0.05, 0.1) is 6.04 Å². The Morgan fingerprint density at radius 2 is 1.70 bits per heavy atom. The van der Waals surface area contributed by atoms with Crippen LogP contribution < -0.4 is 10.6 Å². The lowest BCUT2D eigenvalue weighted by Gasteiger charge is -2.24. The molecular weight excluding hydrogens is 340 g/mol. The van der Waals surface area contributed by atoms with Gasteiger partial charge in [-0.3, -0.25) is 9.78 Å². The standard InChI is InChI=1S/C21H28N4O2/c1-4-5-12-23-19(26)15-25(3)21(27)24-20(18-10-13-22-14-11-18)17-8-6-16(2)7-9-17/h6-11,13-14,20H,4-5,12,15H2,1-3H3,(H,23,26)(H,24,27)/t20-/m0/s1. The van der Waals surface area contributed by atoms with Crippen LogP contribution in [0.1, 0.15) is 42.5 Å². The van der Waals surface area contributed by atoms with Gasteiger partial charge in [0, 0.05) is 26.0 Å². The van der Waals surface area contributed by atoms with Crippen molar-refractivity contribution in [2.24, 2.45) is 0 Å². The second kappa shape index (κ2) is 10.3. The van der Waals surface area contributed by atoms with E-state index in [0.717, 1.165) is 29.5 Å². The van der Waals surface area contributed by atoms with Crippen molar-refractivity contribution in [1.29, 1.82) is 0 Å². The molecule has 0 aliphatic heterocycles. The fourth-order valence-corrected chi connectivity index (χ4v) is 2.66. The molecule has 1 aromatic carbocycles. The lowest BCUT2D eigenvalue weighted by molar-refractivity contribution is -0.121. The number of nitrogens with zero attached hydrogens (tertiary/aromatic N) is 2. The van der Waals surface area contributed by atoms with Gasteiger partial charge >= 0.3 is 6.03 Å². The van der Waals surface area contributed by atoms with Crippen LogP contribution >= 0.6 is 0 Å². The van der Waals surface area contributed by atoms with Crippen molar-refractivity contribution in [1.82, 2.24) is 20.5 Å². The Hall–Kier alpha value is -2.89. The molecule has 0 saturated heterocycles. The zero-order valence-electron chi connectivity index (χ0n) is 16.2. The first kappa shape index (κ1) is 20.4. The first-order chi connectivity index (χ1) is 13.0. The van der Waals surface area contributed by atoms with Crippen LogP contribution in [0.2, 0.25) is 0 Å². The van der Waals surface area contributed by atoms with Gasteiger partial charge in [0.15, 0.2) is 0 Å². The minimum absolute atomic E-state index is 0.0203. The first-order valence-electron chi connectivity index (χ1n) is 9.26. The smallest absolute Gasteiger partial charge is 0.318 e. The Morgan fingerprint density at radius 3 is 2.33 bits per heavy atom. The van der Waals surface area contributed by atoms with E-state index >= 15 is 0 Å². The Bertz CT molecular complexity index is 732. The number of rotatable bonds is 8. The van der Waals surface area contributed by atoms with Crippen LogP contribution in [-0.4, -0.2) is 42.0 Å². The number of amides is 3. The van der Waals surface area contributed by atoms with E-state index < -0.39 is 0 Å². The summed E-state index contributed by atoms with van der Waals surface area (Å²) in [6, 6.07) is 11.2. The number of hydrogen-bond donors (Lipinski definition) is 2. The quantitative estimate of drug-likeness (QED) is 0.703. The number of aromatic nitrogens is 1. The maximum absolute atomic E-state index is 12.7. The van der Waals surface area contributed by atoms with E-state index in [1.807, 2.05) is 43.3 Å². The number of nitrogens with one attached hydrogen (secondary N) is 2. The van der Waals surface area contributed by atoms with Crippen molar-refractivity contribution in [3.05, 3.63) is 65.5 Å². The monoisotopic (exact) mass is 368 g/mol. The Kier molecular flexibility index (Phi) is 7.79.